The first-order valence-corrected chi connectivity index (χ1v) is 4.02. The number of alkyl halides is 1. The van der Waals surface area contributed by atoms with Gasteiger partial charge in [0.05, 0.1) is 0 Å². The molecule has 0 N–H and O–H groups in total. The average molecular weight is 173 g/mol. The third kappa shape index (κ3) is 0.343. The molecule has 1 atom stereocenters. The van der Waals surface area contributed by atoms with Crippen LogP contribution >= 0.6 is 15.9 Å². The van der Waals surface area contributed by atoms with Crippen molar-refractivity contribution in [3.63, 3.8) is 0 Å². The van der Waals surface area contributed by atoms with E-state index in [4.69, 9.17) is 0 Å². The minimum Gasteiger partial charge on any atom is -0.0981 e. The summed E-state index contributed by atoms with van der Waals surface area (Å²) in [5.74, 6) is 0. The molecule has 0 saturated heterocycles. The number of rotatable bonds is 0. The second-order valence-electron chi connectivity index (χ2n) is 2.90. The maximum Gasteiger partial charge on any atom is 0.0451 e. The average Bonchev–Trinajstić information content (AvgIpc) is 2.10. The second kappa shape index (κ2) is 1.21. The van der Waals surface area contributed by atoms with E-state index in [1.54, 1.807) is 0 Å². The highest BCUT2D eigenvalue weighted by Crippen LogP contribution is 2.67. The maximum absolute atomic E-state index is 3.98. The Morgan fingerprint density at radius 3 is 2.12 bits per heavy atom. The van der Waals surface area contributed by atoms with Gasteiger partial charge in [-0.3, -0.25) is 0 Å². The molecule has 0 nitrogen and oxygen atoms in total. The highest BCUT2D eigenvalue weighted by molar-refractivity contribution is 9.10. The summed E-state index contributed by atoms with van der Waals surface area (Å²) in [6, 6.07) is 0. The first-order valence-electron chi connectivity index (χ1n) is 3.11. The minimum absolute atomic E-state index is 0.611. The molecule has 1 heteroatoms. The summed E-state index contributed by atoms with van der Waals surface area (Å²) >= 11 is 3.58. The number of halogens is 1. The third-order valence-corrected chi connectivity index (χ3v) is 4.02. The van der Waals surface area contributed by atoms with Gasteiger partial charge in [-0.15, -0.1) is 0 Å². The van der Waals surface area contributed by atoms with Gasteiger partial charge in [-0.05, 0) is 12.8 Å². The second-order valence-corrected chi connectivity index (χ2v) is 3.81. The lowest BCUT2D eigenvalue weighted by atomic mass is 9.81. The van der Waals surface area contributed by atoms with E-state index >= 15 is 0 Å². The zero-order chi connectivity index (χ0) is 5.78. The van der Waals surface area contributed by atoms with Gasteiger partial charge in [0.2, 0.25) is 0 Å². The van der Waals surface area contributed by atoms with Crippen LogP contribution in [0, 0.1) is 5.41 Å². The Hall–Kier alpha value is 0.220. The van der Waals surface area contributed by atoms with Crippen molar-refractivity contribution in [3.05, 3.63) is 12.2 Å². The molecule has 0 aromatic heterocycles. The summed E-state index contributed by atoms with van der Waals surface area (Å²) in [5, 5.41) is 0. The predicted molar refractivity (Wildman–Crippen MR) is 38.1 cm³/mol. The molecule has 0 radical (unpaired) electrons. The van der Waals surface area contributed by atoms with Crippen molar-refractivity contribution >= 4 is 15.9 Å². The zero-order valence-corrected chi connectivity index (χ0v) is 6.37. The molecule has 44 valence electrons. The van der Waals surface area contributed by atoms with Crippen molar-refractivity contribution < 1.29 is 0 Å². The van der Waals surface area contributed by atoms with Gasteiger partial charge in [0.15, 0.2) is 0 Å². The predicted octanol–water partition coefficient (Wildman–Crippen LogP) is 2.49. The molecule has 2 fully saturated rings. The monoisotopic (exact) mass is 172 g/mol. The van der Waals surface area contributed by atoms with Crippen molar-refractivity contribution in [3.8, 4) is 0 Å². The van der Waals surface area contributed by atoms with Crippen molar-refractivity contribution in [1.82, 2.24) is 0 Å². The largest absolute Gasteiger partial charge is 0.0981 e. The normalized spacial score (nSPS) is 39.6. The van der Waals surface area contributed by atoms with Crippen LogP contribution in [0.1, 0.15) is 19.3 Å². The van der Waals surface area contributed by atoms with Crippen molar-refractivity contribution in [2.24, 2.45) is 5.41 Å². The quantitative estimate of drug-likeness (QED) is 0.390. The fourth-order valence-corrected chi connectivity index (χ4v) is 2.65. The Kier molecular flexibility index (Phi) is 0.760. The Balaban J connectivity index is 2.20. The van der Waals surface area contributed by atoms with Gasteiger partial charge in [0.25, 0.3) is 0 Å². The van der Waals surface area contributed by atoms with Gasteiger partial charge in [0, 0.05) is 10.2 Å². The molecular formula is C7H9Br. The number of allylic oxidation sites excluding steroid dienone is 1. The highest BCUT2D eigenvalue weighted by atomic mass is 79.9. The molecule has 0 heterocycles. The summed E-state index contributed by atoms with van der Waals surface area (Å²) in [4.78, 5) is 0.684. The van der Waals surface area contributed by atoms with Gasteiger partial charge in [0.1, 0.15) is 0 Å². The maximum atomic E-state index is 3.98. The SMILES string of the molecule is C=C1C(Br)C12CCC2. The topological polar surface area (TPSA) is 0 Å². The fourth-order valence-electron chi connectivity index (χ4n) is 1.58. The summed E-state index contributed by atoms with van der Waals surface area (Å²) in [6.45, 7) is 3.98. The van der Waals surface area contributed by atoms with Crippen LogP contribution in [0.5, 0.6) is 0 Å². The van der Waals surface area contributed by atoms with Crippen molar-refractivity contribution in [1.29, 1.82) is 0 Å². The van der Waals surface area contributed by atoms with E-state index in [0.29, 0.717) is 10.2 Å². The molecule has 2 aliphatic rings. The molecule has 0 aromatic rings. The Bertz CT molecular complexity index is 144. The first kappa shape index (κ1) is 5.04. The van der Waals surface area contributed by atoms with Gasteiger partial charge in [-0.2, -0.15) is 0 Å². The third-order valence-electron chi connectivity index (χ3n) is 2.59. The van der Waals surface area contributed by atoms with Crippen LogP contribution in [0.3, 0.4) is 0 Å². The number of hydrogen-bond acceptors (Lipinski definition) is 0. The molecule has 0 bridgehead atoms. The molecule has 0 aliphatic heterocycles. The smallest absolute Gasteiger partial charge is 0.0451 e. The van der Waals surface area contributed by atoms with E-state index in [0.717, 1.165) is 0 Å². The van der Waals surface area contributed by atoms with Gasteiger partial charge >= 0.3 is 0 Å². The van der Waals surface area contributed by atoms with Crippen LogP contribution in [-0.4, -0.2) is 4.83 Å². The number of hydrogen-bond donors (Lipinski definition) is 0. The van der Waals surface area contributed by atoms with Gasteiger partial charge < -0.3 is 0 Å². The molecule has 0 amide bonds. The van der Waals surface area contributed by atoms with Crippen LogP contribution in [0.2, 0.25) is 0 Å². The molecule has 2 saturated carbocycles. The Morgan fingerprint density at radius 2 is 2.12 bits per heavy atom. The Morgan fingerprint density at radius 1 is 1.62 bits per heavy atom. The molecule has 0 aromatic carbocycles. The van der Waals surface area contributed by atoms with Crippen molar-refractivity contribution in [2.45, 2.75) is 24.1 Å². The summed E-state index contributed by atoms with van der Waals surface area (Å²) in [6.07, 6.45) is 4.20. The molecule has 8 heavy (non-hydrogen) atoms. The van der Waals surface area contributed by atoms with Crippen LogP contribution in [-0.2, 0) is 0 Å². The molecule has 1 spiro atoms. The molecule has 2 aliphatic carbocycles. The molecule has 1 unspecified atom stereocenters. The van der Waals surface area contributed by atoms with E-state index in [1.807, 2.05) is 0 Å². The fraction of sp³-hybridized carbons (Fsp3) is 0.714. The lowest BCUT2D eigenvalue weighted by Crippen LogP contribution is -2.14. The van der Waals surface area contributed by atoms with Crippen LogP contribution < -0.4 is 0 Å². The first-order chi connectivity index (χ1) is 3.77. The molecular weight excluding hydrogens is 164 g/mol. The zero-order valence-electron chi connectivity index (χ0n) is 4.78. The molecule has 2 rings (SSSR count). The minimum atomic E-state index is 0.611. The van der Waals surface area contributed by atoms with Crippen LogP contribution in [0.4, 0.5) is 0 Å². The van der Waals surface area contributed by atoms with Crippen LogP contribution in [0.25, 0.3) is 0 Å². The van der Waals surface area contributed by atoms with Crippen molar-refractivity contribution in [2.75, 3.05) is 0 Å². The lowest BCUT2D eigenvalue weighted by Gasteiger charge is -2.24. The van der Waals surface area contributed by atoms with E-state index in [1.165, 1.54) is 24.8 Å². The standard InChI is InChI=1S/C7H9Br/c1-5-6(8)7(5)3-2-4-7/h6H,1-4H2. The van der Waals surface area contributed by atoms with E-state index < -0.39 is 0 Å². The van der Waals surface area contributed by atoms with Gasteiger partial charge in [-0.25, -0.2) is 0 Å². The Labute approximate surface area is 58.1 Å². The highest BCUT2D eigenvalue weighted by Gasteiger charge is 2.60. The summed E-state index contributed by atoms with van der Waals surface area (Å²) in [5.41, 5.74) is 2.06. The lowest BCUT2D eigenvalue weighted by molar-refractivity contribution is 0.313. The van der Waals surface area contributed by atoms with Gasteiger partial charge in [-0.1, -0.05) is 34.5 Å². The summed E-state index contributed by atoms with van der Waals surface area (Å²) in [7, 11) is 0. The van der Waals surface area contributed by atoms with E-state index in [2.05, 4.69) is 22.5 Å². The summed E-state index contributed by atoms with van der Waals surface area (Å²) < 4.78 is 0. The van der Waals surface area contributed by atoms with E-state index in [-0.39, 0.29) is 0 Å². The van der Waals surface area contributed by atoms with Crippen LogP contribution in [0.15, 0.2) is 12.2 Å². The van der Waals surface area contributed by atoms with E-state index in [9.17, 15) is 0 Å².